The molecule has 19 heavy (non-hydrogen) atoms. The van der Waals surface area contributed by atoms with Gasteiger partial charge < -0.3 is 5.32 Å². The average Bonchev–Trinajstić information content (AvgIpc) is 2.42. The van der Waals surface area contributed by atoms with Gasteiger partial charge in [0.25, 0.3) is 0 Å². The molecule has 0 radical (unpaired) electrons. The molecule has 0 saturated heterocycles. The number of hydrogen-bond acceptors (Lipinski definition) is 2. The van der Waals surface area contributed by atoms with Crippen LogP contribution >= 0.6 is 27.5 Å². The highest BCUT2D eigenvalue weighted by atomic mass is 79.9. The van der Waals surface area contributed by atoms with Gasteiger partial charge in [0.15, 0.2) is 0 Å². The topological polar surface area (TPSA) is 62.4 Å². The first-order chi connectivity index (χ1) is 9.19. The van der Waals surface area contributed by atoms with E-state index in [0.29, 0.717) is 17.0 Å². The lowest BCUT2D eigenvalue weighted by atomic mass is 9.96. The standard InChI is InChI=1S/C13H18BrClN4/c14-9-6-7-12(11(15)8-9)18-13(19-16)17-10-4-2-1-3-5-10/h6-8,10H,1-5,16H2,(H2,17,18,19). The third kappa shape index (κ3) is 4.37. The summed E-state index contributed by atoms with van der Waals surface area (Å²) in [5.74, 6) is 6.09. The summed E-state index contributed by atoms with van der Waals surface area (Å²) in [7, 11) is 0. The van der Waals surface area contributed by atoms with Gasteiger partial charge in [0.1, 0.15) is 0 Å². The molecule has 104 valence electrons. The Labute approximate surface area is 126 Å². The number of rotatable bonds is 2. The summed E-state index contributed by atoms with van der Waals surface area (Å²) < 4.78 is 0.939. The van der Waals surface area contributed by atoms with Crippen molar-refractivity contribution in [3.05, 3.63) is 27.7 Å². The van der Waals surface area contributed by atoms with Crippen molar-refractivity contribution in [2.45, 2.75) is 38.1 Å². The number of benzene rings is 1. The molecular weight excluding hydrogens is 328 g/mol. The summed E-state index contributed by atoms with van der Waals surface area (Å²) in [6, 6.07) is 5.99. The van der Waals surface area contributed by atoms with Gasteiger partial charge in [-0.05, 0) is 31.0 Å². The molecular formula is C13H18BrClN4. The number of hydrogen-bond donors (Lipinski definition) is 3. The molecule has 1 fully saturated rings. The number of hydrazine groups is 1. The maximum Gasteiger partial charge on any atom is 0.210 e. The van der Waals surface area contributed by atoms with Gasteiger partial charge in [-0.25, -0.2) is 10.8 Å². The highest BCUT2D eigenvalue weighted by Gasteiger charge is 2.13. The second-order valence-electron chi connectivity index (χ2n) is 4.66. The highest BCUT2D eigenvalue weighted by Crippen LogP contribution is 2.26. The lowest BCUT2D eigenvalue weighted by Gasteiger charge is -2.19. The van der Waals surface area contributed by atoms with Gasteiger partial charge in [0.05, 0.1) is 16.8 Å². The Hall–Kier alpha value is -0.780. The molecule has 0 spiro atoms. The van der Waals surface area contributed by atoms with Gasteiger partial charge in [-0.15, -0.1) is 0 Å². The third-order valence-electron chi connectivity index (χ3n) is 3.21. The molecule has 0 bridgehead atoms. The molecule has 6 heteroatoms. The van der Waals surface area contributed by atoms with Crippen molar-refractivity contribution in [1.82, 2.24) is 5.43 Å². The highest BCUT2D eigenvalue weighted by molar-refractivity contribution is 9.10. The van der Waals surface area contributed by atoms with Crippen LogP contribution in [-0.4, -0.2) is 12.0 Å². The van der Waals surface area contributed by atoms with Crippen molar-refractivity contribution in [1.29, 1.82) is 0 Å². The van der Waals surface area contributed by atoms with E-state index in [-0.39, 0.29) is 0 Å². The van der Waals surface area contributed by atoms with Crippen LogP contribution in [0.5, 0.6) is 0 Å². The Bertz CT molecular complexity index is 458. The van der Waals surface area contributed by atoms with E-state index in [4.69, 9.17) is 17.4 Å². The third-order valence-corrected chi connectivity index (χ3v) is 4.01. The maximum atomic E-state index is 6.16. The van der Waals surface area contributed by atoms with Gasteiger partial charge in [-0.1, -0.05) is 46.8 Å². The van der Waals surface area contributed by atoms with E-state index in [1.807, 2.05) is 18.2 Å². The number of nitrogens with zero attached hydrogens (tertiary/aromatic N) is 1. The van der Waals surface area contributed by atoms with Gasteiger partial charge in [-0.2, -0.15) is 0 Å². The molecule has 0 amide bonds. The fourth-order valence-corrected chi connectivity index (χ4v) is 2.94. The van der Waals surface area contributed by atoms with Gasteiger partial charge in [-0.3, -0.25) is 5.43 Å². The summed E-state index contributed by atoms with van der Waals surface area (Å²) in [5.41, 5.74) is 3.40. The van der Waals surface area contributed by atoms with Crippen LogP contribution in [-0.2, 0) is 0 Å². The van der Waals surface area contributed by atoms with E-state index in [9.17, 15) is 0 Å². The lowest BCUT2D eigenvalue weighted by molar-refractivity contribution is 0.442. The van der Waals surface area contributed by atoms with Crippen LogP contribution in [0.3, 0.4) is 0 Å². The van der Waals surface area contributed by atoms with E-state index < -0.39 is 0 Å². The number of halogens is 2. The van der Waals surface area contributed by atoms with Gasteiger partial charge in [0.2, 0.25) is 5.96 Å². The smallest absolute Gasteiger partial charge is 0.210 e. The number of anilines is 1. The Balaban J connectivity index is 2.07. The van der Waals surface area contributed by atoms with Crippen molar-refractivity contribution in [3.63, 3.8) is 0 Å². The zero-order valence-corrected chi connectivity index (χ0v) is 13.0. The summed E-state index contributed by atoms with van der Waals surface area (Å²) in [6.07, 6.45) is 6.04. The molecule has 1 saturated carbocycles. The molecule has 1 aromatic rings. The van der Waals surface area contributed by atoms with Crippen LogP contribution in [0.2, 0.25) is 5.02 Å². The quantitative estimate of drug-likeness (QED) is 0.332. The minimum atomic E-state index is 0.349. The summed E-state index contributed by atoms with van der Waals surface area (Å²) in [4.78, 5) is 4.61. The van der Waals surface area contributed by atoms with Gasteiger partial charge in [0, 0.05) is 4.47 Å². The van der Waals surface area contributed by atoms with Crippen molar-refractivity contribution in [2.24, 2.45) is 10.8 Å². The van der Waals surface area contributed by atoms with Crippen molar-refractivity contribution < 1.29 is 0 Å². The largest absolute Gasteiger partial charge is 0.324 e. The Morgan fingerprint density at radius 3 is 2.68 bits per heavy atom. The second kappa shape index (κ2) is 7.12. The molecule has 2 rings (SSSR count). The van der Waals surface area contributed by atoms with Crippen LogP contribution < -0.4 is 16.6 Å². The summed E-state index contributed by atoms with van der Waals surface area (Å²) in [6.45, 7) is 0. The SMILES string of the molecule is NNC(=NC1CCCCC1)Nc1ccc(Br)cc1Cl. The maximum absolute atomic E-state index is 6.16. The Morgan fingerprint density at radius 2 is 2.05 bits per heavy atom. The Kier molecular flexibility index (Phi) is 5.48. The molecule has 4 nitrogen and oxygen atoms in total. The zero-order valence-electron chi connectivity index (χ0n) is 10.6. The molecule has 0 heterocycles. The minimum Gasteiger partial charge on any atom is -0.324 e. The first-order valence-electron chi connectivity index (χ1n) is 6.45. The molecule has 0 atom stereocenters. The molecule has 1 aromatic carbocycles. The average molecular weight is 346 g/mol. The van der Waals surface area contributed by atoms with Crippen molar-refractivity contribution in [3.8, 4) is 0 Å². The van der Waals surface area contributed by atoms with E-state index in [2.05, 4.69) is 31.7 Å². The molecule has 1 aliphatic rings. The fourth-order valence-electron chi connectivity index (χ4n) is 2.22. The van der Waals surface area contributed by atoms with Gasteiger partial charge >= 0.3 is 0 Å². The minimum absolute atomic E-state index is 0.349. The molecule has 0 unspecified atom stereocenters. The summed E-state index contributed by atoms with van der Waals surface area (Å²) in [5, 5.41) is 3.76. The second-order valence-corrected chi connectivity index (χ2v) is 5.99. The first-order valence-corrected chi connectivity index (χ1v) is 7.62. The monoisotopic (exact) mass is 344 g/mol. The van der Waals surface area contributed by atoms with Crippen LogP contribution in [0.15, 0.2) is 27.7 Å². The number of nitrogens with one attached hydrogen (secondary N) is 2. The van der Waals surface area contributed by atoms with Crippen LogP contribution in [0.4, 0.5) is 5.69 Å². The van der Waals surface area contributed by atoms with Crippen LogP contribution in [0.1, 0.15) is 32.1 Å². The molecule has 4 N–H and O–H groups in total. The number of aliphatic imine (C=N–C) groups is 1. The van der Waals surface area contributed by atoms with Crippen molar-refractivity contribution in [2.75, 3.05) is 5.32 Å². The predicted molar refractivity (Wildman–Crippen MR) is 84.4 cm³/mol. The van der Waals surface area contributed by atoms with E-state index in [1.54, 1.807) is 0 Å². The zero-order chi connectivity index (χ0) is 13.7. The van der Waals surface area contributed by atoms with E-state index in [1.165, 1.54) is 19.3 Å². The fraction of sp³-hybridized carbons (Fsp3) is 0.462. The van der Waals surface area contributed by atoms with Crippen LogP contribution in [0.25, 0.3) is 0 Å². The van der Waals surface area contributed by atoms with E-state index >= 15 is 0 Å². The summed E-state index contributed by atoms with van der Waals surface area (Å²) >= 11 is 9.53. The van der Waals surface area contributed by atoms with Crippen molar-refractivity contribution >= 4 is 39.2 Å². The molecule has 0 aliphatic heterocycles. The molecule has 1 aliphatic carbocycles. The molecule has 0 aromatic heterocycles. The lowest BCUT2D eigenvalue weighted by Crippen LogP contribution is -2.37. The first kappa shape index (κ1) is 14.6. The normalized spacial score (nSPS) is 17.3. The number of nitrogens with two attached hydrogens (primary N) is 1. The number of guanidine groups is 1. The van der Waals surface area contributed by atoms with E-state index in [0.717, 1.165) is 23.0 Å². The van der Waals surface area contributed by atoms with Crippen LogP contribution in [0, 0.1) is 0 Å². The Morgan fingerprint density at radius 1 is 1.32 bits per heavy atom. The predicted octanol–water partition coefficient (Wildman–Crippen LogP) is 3.67.